The number of hydrogen-bond donors (Lipinski definition) is 1. The number of alkyl halides is 1. The maximum atomic E-state index is 14.4. The zero-order valence-corrected chi connectivity index (χ0v) is 10.4. The summed E-state index contributed by atoms with van der Waals surface area (Å²) in [6.45, 7) is -1.02. The Hall–Kier alpha value is -1.25. The Labute approximate surface area is 103 Å². The maximum absolute atomic E-state index is 14.4. The molecule has 1 aromatic rings. The van der Waals surface area contributed by atoms with E-state index < -0.39 is 34.8 Å². The lowest BCUT2D eigenvalue weighted by Gasteiger charge is -2.42. The SMILES string of the molecule is COc1cccc(F)c1C1(F)CN(S(N)(=O)=O)C1. The maximum Gasteiger partial charge on any atom is 0.277 e. The number of rotatable bonds is 3. The third kappa shape index (κ3) is 2.06. The first-order chi connectivity index (χ1) is 8.28. The van der Waals surface area contributed by atoms with Gasteiger partial charge in [0.05, 0.1) is 25.8 Å². The molecule has 18 heavy (non-hydrogen) atoms. The second-order valence-electron chi connectivity index (χ2n) is 4.10. The molecule has 0 saturated carbocycles. The molecule has 0 aliphatic carbocycles. The van der Waals surface area contributed by atoms with Crippen molar-refractivity contribution in [1.82, 2.24) is 4.31 Å². The van der Waals surface area contributed by atoms with Crippen LogP contribution in [-0.4, -0.2) is 32.9 Å². The number of ether oxygens (including phenoxy) is 1. The normalized spacial score (nSPS) is 19.3. The smallest absolute Gasteiger partial charge is 0.277 e. The Morgan fingerprint density at radius 2 is 2.06 bits per heavy atom. The van der Waals surface area contributed by atoms with Crippen LogP contribution in [0.5, 0.6) is 5.75 Å². The molecule has 0 bridgehead atoms. The fraction of sp³-hybridized carbons (Fsp3) is 0.400. The van der Waals surface area contributed by atoms with E-state index in [2.05, 4.69) is 0 Å². The first-order valence-corrected chi connectivity index (χ1v) is 6.58. The van der Waals surface area contributed by atoms with E-state index in [0.717, 1.165) is 10.4 Å². The van der Waals surface area contributed by atoms with Crippen molar-refractivity contribution >= 4 is 10.2 Å². The van der Waals surface area contributed by atoms with Crippen molar-refractivity contribution in [3.63, 3.8) is 0 Å². The molecule has 5 nitrogen and oxygen atoms in total. The molecule has 2 N–H and O–H groups in total. The molecule has 100 valence electrons. The fourth-order valence-electron chi connectivity index (χ4n) is 1.96. The minimum atomic E-state index is -3.95. The van der Waals surface area contributed by atoms with Gasteiger partial charge in [-0.1, -0.05) is 6.07 Å². The molecular weight excluding hydrogens is 266 g/mol. The molecule has 1 aromatic carbocycles. The largest absolute Gasteiger partial charge is 0.496 e. The number of methoxy groups -OCH3 is 1. The second kappa shape index (κ2) is 4.15. The Morgan fingerprint density at radius 3 is 2.56 bits per heavy atom. The van der Waals surface area contributed by atoms with Gasteiger partial charge < -0.3 is 4.74 Å². The minimum Gasteiger partial charge on any atom is -0.496 e. The summed E-state index contributed by atoms with van der Waals surface area (Å²) in [4.78, 5) is 0. The van der Waals surface area contributed by atoms with E-state index >= 15 is 0 Å². The van der Waals surface area contributed by atoms with Gasteiger partial charge in [0.15, 0.2) is 5.67 Å². The van der Waals surface area contributed by atoms with Crippen LogP contribution in [0.15, 0.2) is 18.2 Å². The molecule has 1 aliphatic rings. The molecule has 0 aromatic heterocycles. The summed E-state index contributed by atoms with van der Waals surface area (Å²) < 4.78 is 55.7. The third-order valence-electron chi connectivity index (χ3n) is 2.86. The molecule has 0 radical (unpaired) electrons. The molecule has 0 spiro atoms. The average Bonchev–Trinajstić information content (AvgIpc) is 2.23. The topological polar surface area (TPSA) is 72.6 Å². The summed E-state index contributed by atoms with van der Waals surface area (Å²) >= 11 is 0. The standard InChI is InChI=1S/C10H12F2N2O3S/c1-17-8-4-2-3-7(11)9(8)10(12)5-14(6-10)18(13,15)16/h2-4H,5-6H2,1H3,(H2,13,15,16). The highest BCUT2D eigenvalue weighted by molar-refractivity contribution is 7.86. The van der Waals surface area contributed by atoms with Crippen molar-refractivity contribution in [3.05, 3.63) is 29.6 Å². The summed E-state index contributed by atoms with van der Waals surface area (Å²) in [5.74, 6) is -0.725. The van der Waals surface area contributed by atoms with Gasteiger partial charge in [0.1, 0.15) is 11.6 Å². The first-order valence-electron chi connectivity index (χ1n) is 5.08. The lowest BCUT2D eigenvalue weighted by Crippen LogP contribution is -2.60. The van der Waals surface area contributed by atoms with Gasteiger partial charge in [-0.3, -0.25) is 0 Å². The van der Waals surface area contributed by atoms with Gasteiger partial charge in [-0.05, 0) is 12.1 Å². The van der Waals surface area contributed by atoms with Crippen LogP contribution in [0.2, 0.25) is 0 Å². The van der Waals surface area contributed by atoms with E-state index in [0.29, 0.717) is 0 Å². The van der Waals surface area contributed by atoms with Gasteiger partial charge in [0.2, 0.25) is 0 Å². The van der Waals surface area contributed by atoms with E-state index in [4.69, 9.17) is 9.88 Å². The Morgan fingerprint density at radius 1 is 1.44 bits per heavy atom. The molecule has 1 fully saturated rings. The molecule has 0 unspecified atom stereocenters. The monoisotopic (exact) mass is 278 g/mol. The molecule has 1 saturated heterocycles. The average molecular weight is 278 g/mol. The molecule has 2 rings (SSSR count). The number of benzene rings is 1. The van der Waals surface area contributed by atoms with Gasteiger partial charge in [0.25, 0.3) is 10.2 Å². The molecular formula is C10H12F2N2O3S. The number of nitrogens with two attached hydrogens (primary N) is 1. The van der Waals surface area contributed by atoms with Gasteiger partial charge in [-0.2, -0.15) is 12.7 Å². The van der Waals surface area contributed by atoms with Gasteiger partial charge in [-0.25, -0.2) is 13.9 Å². The van der Waals surface area contributed by atoms with E-state index in [-0.39, 0.29) is 11.3 Å². The molecule has 8 heteroatoms. The molecule has 0 amide bonds. The summed E-state index contributed by atoms with van der Waals surface area (Å²) in [5.41, 5.74) is -2.38. The molecule has 1 heterocycles. The van der Waals surface area contributed by atoms with Gasteiger partial charge in [-0.15, -0.1) is 0 Å². The van der Waals surface area contributed by atoms with Crippen LogP contribution < -0.4 is 9.88 Å². The molecule has 1 aliphatic heterocycles. The highest BCUT2D eigenvalue weighted by Gasteiger charge is 2.52. The zero-order valence-electron chi connectivity index (χ0n) is 9.56. The van der Waals surface area contributed by atoms with Crippen molar-refractivity contribution < 1.29 is 21.9 Å². The quantitative estimate of drug-likeness (QED) is 0.876. The van der Waals surface area contributed by atoms with E-state index in [9.17, 15) is 17.2 Å². The van der Waals surface area contributed by atoms with Crippen LogP contribution >= 0.6 is 0 Å². The van der Waals surface area contributed by atoms with Crippen LogP contribution in [0.3, 0.4) is 0 Å². The van der Waals surface area contributed by atoms with Crippen molar-refractivity contribution in [2.75, 3.05) is 20.2 Å². The van der Waals surface area contributed by atoms with Crippen LogP contribution in [0.25, 0.3) is 0 Å². The summed E-state index contributed by atoms with van der Waals surface area (Å²) in [5, 5.41) is 4.86. The molecule has 0 atom stereocenters. The minimum absolute atomic E-state index is 0.0477. The van der Waals surface area contributed by atoms with Gasteiger partial charge in [0, 0.05) is 0 Å². The third-order valence-corrected chi connectivity index (χ3v) is 3.84. The predicted octanol–water partition coefficient (Wildman–Crippen LogP) is 0.518. The predicted molar refractivity (Wildman–Crippen MR) is 60.4 cm³/mol. The highest BCUT2D eigenvalue weighted by Crippen LogP contribution is 2.42. The fourth-order valence-corrected chi connectivity index (χ4v) is 2.73. The number of nitrogens with zero attached hydrogens (tertiary/aromatic N) is 1. The first kappa shape index (κ1) is 13.2. The lowest BCUT2D eigenvalue weighted by atomic mass is 9.89. The van der Waals surface area contributed by atoms with Crippen molar-refractivity contribution in [1.29, 1.82) is 0 Å². The van der Waals surface area contributed by atoms with Crippen molar-refractivity contribution in [2.24, 2.45) is 5.14 Å². The summed E-state index contributed by atoms with van der Waals surface area (Å²) in [7, 11) is -2.66. The van der Waals surface area contributed by atoms with Crippen LogP contribution in [0, 0.1) is 5.82 Å². The van der Waals surface area contributed by atoms with Crippen LogP contribution in [0.4, 0.5) is 8.78 Å². The van der Waals surface area contributed by atoms with Crippen LogP contribution in [0.1, 0.15) is 5.56 Å². The summed E-state index contributed by atoms with van der Waals surface area (Å²) in [6, 6.07) is 3.90. The Balaban J connectivity index is 2.35. The van der Waals surface area contributed by atoms with Crippen LogP contribution in [-0.2, 0) is 15.9 Å². The number of halogens is 2. The Kier molecular flexibility index (Phi) is 3.04. The van der Waals surface area contributed by atoms with E-state index in [1.54, 1.807) is 0 Å². The second-order valence-corrected chi connectivity index (χ2v) is 5.64. The zero-order chi connectivity index (χ0) is 13.6. The number of hydrogen-bond acceptors (Lipinski definition) is 3. The van der Waals surface area contributed by atoms with E-state index in [1.165, 1.54) is 19.2 Å². The summed E-state index contributed by atoms with van der Waals surface area (Å²) in [6.07, 6.45) is 0. The Bertz CT molecular complexity index is 570. The van der Waals surface area contributed by atoms with Crippen molar-refractivity contribution in [3.8, 4) is 5.75 Å². The van der Waals surface area contributed by atoms with Gasteiger partial charge >= 0.3 is 0 Å². The highest BCUT2D eigenvalue weighted by atomic mass is 32.2. The van der Waals surface area contributed by atoms with E-state index in [1.807, 2.05) is 0 Å². The lowest BCUT2D eigenvalue weighted by molar-refractivity contribution is 0.0126. The van der Waals surface area contributed by atoms with Crippen molar-refractivity contribution in [2.45, 2.75) is 5.67 Å².